The Balaban J connectivity index is -0.000000000500. The Labute approximate surface area is 78.6 Å². The molecule has 0 fully saturated rings. The third-order valence-corrected chi connectivity index (χ3v) is 0. The molecule has 5 heteroatoms. The van der Waals surface area contributed by atoms with Gasteiger partial charge in [0.15, 0.2) is 0 Å². The van der Waals surface area contributed by atoms with E-state index in [9.17, 15) is 0 Å². The molecule has 0 aromatic heterocycles. The van der Waals surface area contributed by atoms with Crippen LogP contribution in [0.3, 0.4) is 0 Å². The molecular formula is C2H3BrCl4. The van der Waals surface area contributed by atoms with Gasteiger partial charge in [0.1, 0.15) is 0 Å². The fourth-order valence-electron chi connectivity index (χ4n) is 0. The average Bonchev–Trinajstić information content (AvgIpc) is 1.00. The van der Waals surface area contributed by atoms with Gasteiger partial charge in [0, 0.05) is 0 Å². The predicted octanol–water partition coefficient (Wildman–Crippen LogP) is -10.9. The second-order valence-corrected chi connectivity index (χ2v) is 0. The second kappa shape index (κ2) is 125. The smallest absolute Gasteiger partial charge is 1.00 e. The predicted molar refractivity (Wildman–Crippen MR) is 18.1 cm³/mol. The Kier molecular flexibility index (Phi) is 1290. The van der Waals surface area contributed by atoms with Crippen molar-refractivity contribution in [2.24, 2.45) is 0 Å². The Morgan fingerprint density at radius 1 is 0.714 bits per heavy atom. The average molecular weight is 249 g/mol. The van der Waals surface area contributed by atoms with Crippen molar-refractivity contribution in [3.8, 4) is 0 Å². The third-order valence-electron chi connectivity index (χ3n) is 0. The quantitative estimate of drug-likeness (QED) is 0.374. The molecule has 0 amide bonds. The summed E-state index contributed by atoms with van der Waals surface area (Å²) in [5, 5.41) is 0. The Bertz CT molecular complexity index is 9.65. The van der Waals surface area contributed by atoms with E-state index in [0.717, 1.165) is 0 Å². The van der Waals surface area contributed by atoms with Crippen LogP contribution in [0.1, 0.15) is 0 Å². The second-order valence-electron chi connectivity index (χ2n) is 0. The van der Waals surface area contributed by atoms with Crippen LogP contribution in [0.4, 0.5) is 0 Å². The van der Waals surface area contributed by atoms with Gasteiger partial charge < -0.3 is 49.6 Å². The summed E-state index contributed by atoms with van der Waals surface area (Å²) in [6.07, 6.45) is 0. The number of alkyl halides is 1. The van der Waals surface area contributed by atoms with Gasteiger partial charge in [0.25, 0.3) is 0 Å². The number of hydrogen-bond donors (Lipinski definition) is 0. The number of halogens is 5. The van der Waals surface area contributed by atoms with Crippen LogP contribution in [-0.2, 0) is 0 Å². The molecule has 0 N–H and O–H groups in total. The summed E-state index contributed by atoms with van der Waals surface area (Å²) in [5.74, 6) is 1.81. The first kappa shape index (κ1) is 72.4. The van der Waals surface area contributed by atoms with Crippen molar-refractivity contribution in [2.75, 3.05) is 5.83 Å². The minimum Gasteiger partial charge on any atom is -1.00 e. The zero-order chi connectivity index (χ0) is 2.00. The van der Waals surface area contributed by atoms with Crippen molar-refractivity contribution in [1.29, 1.82) is 0 Å². The minimum atomic E-state index is 0. The maximum Gasteiger partial charge on any atom is 4.00 e. The molecule has 0 saturated heterocycles. The molecule has 0 aliphatic rings. The molecule has 0 spiro atoms. The van der Waals surface area contributed by atoms with Crippen LogP contribution in [0.5, 0.6) is 0 Å². The normalized spacial score (nSPS) is 0.857. The maximum absolute atomic E-state index is 2.94. The number of hydrogen-bond acceptors (Lipinski definition) is 0. The molecule has 0 radical (unpaired) electrons. The van der Waals surface area contributed by atoms with Crippen LogP contribution in [0.15, 0.2) is 0 Å². The van der Waals surface area contributed by atoms with E-state index in [4.69, 9.17) is 0 Å². The molecule has 0 heterocycles. The van der Waals surface area contributed by atoms with Gasteiger partial charge in [0.05, 0.1) is 0 Å². The minimum absolute atomic E-state index is 0. The molecule has 0 nitrogen and oxygen atoms in total. The zero-order valence-corrected chi connectivity index (χ0v) is 8.00. The van der Waals surface area contributed by atoms with Gasteiger partial charge in [0.2, 0.25) is 0 Å². The molecule has 0 atom stereocenters. The van der Waals surface area contributed by atoms with E-state index < -0.39 is 0 Å². The fraction of sp³-hybridized carbons (Fsp3) is 0.500. The molecule has 0 saturated carbocycles. The van der Waals surface area contributed by atoms with Gasteiger partial charge >= 0.3 is 7.43 Å². The van der Waals surface area contributed by atoms with Crippen LogP contribution in [-0.4, -0.2) is 5.83 Å². The molecule has 0 aromatic carbocycles. The van der Waals surface area contributed by atoms with Crippen LogP contribution in [0.2, 0.25) is 0 Å². The molecular weight excluding hydrogens is 246 g/mol. The van der Waals surface area contributed by atoms with Gasteiger partial charge in [-0.1, -0.05) is 15.9 Å². The molecule has 7 heavy (non-hydrogen) atoms. The third kappa shape index (κ3) is 90.4. The molecule has 0 aliphatic carbocycles. The van der Waals surface area contributed by atoms with Crippen molar-refractivity contribution >= 4 is 15.9 Å². The summed E-state index contributed by atoms with van der Waals surface area (Å²) in [5.41, 5.74) is 0. The van der Waals surface area contributed by atoms with Gasteiger partial charge in [-0.25, -0.2) is 0 Å². The Morgan fingerprint density at radius 2 is 0.714 bits per heavy atom. The summed E-state index contributed by atoms with van der Waals surface area (Å²) in [4.78, 5) is 0. The van der Waals surface area contributed by atoms with E-state index in [1.165, 1.54) is 0 Å². The van der Waals surface area contributed by atoms with E-state index in [0.29, 0.717) is 0 Å². The zero-order valence-electron chi connectivity index (χ0n) is 3.39. The van der Waals surface area contributed by atoms with Crippen LogP contribution in [0, 0.1) is 7.43 Å². The maximum atomic E-state index is 2.94. The monoisotopic (exact) mass is 246 g/mol. The topological polar surface area (TPSA) is 0 Å². The van der Waals surface area contributed by atoms with Crippen molar-refractivity contribution in [3.63, 3.8) is 0 Å². The SMILES string of the molecule is CBr.[C+4].[Cl-].[Cl-].[Cl-].[Cl-]. The molecule has 0 rings (SSSR count). The molecule has 0 unspecified atom stereocenters. The van der Waals surface area contributed by atoms with Gasteiger partial charge in [-0.15, -0.1) is 0 Å². The summed E-state index contributed by atoms with van der Waals surface area (Å²) >= 11 is 2.94. The molecule has 0 aromatic rings. The molecule has 0 bridgehead atoms. The van der Waals surface area contributed by atoms with E-state index >= 15 is 0 Å². The van der Waals surface area contributed by atoms with E-state index in [1.807, 2.05) is 5.83 Å². The van der Waals surface area contributed by atoms with Crippen LogP contribution in [0.25, 0.3) is 0 Å². The first-order chi connectivity index (χ1) is 1.00. The van der Waals surface area contributed by atoms with Gasteiger partial charge in [-0.2, -0.15) is 0 Å². The first-order valence-corrected chi connectivity index (χ1v) is 1.96. The largest absolute Gasteiger partial charge is 4.00 e. The van der Waals surface area contributed by atoms with Crippen LogP contribution >= 0.6 is 15.9 Å². The Morgan fingerprint density at radius 3 is 0.714 bits per heavy atom. The first-order valence-electron chi connectivity index (χ1n) is 0.378. The summed E-state index contributed by atoms with van der Waals surface area (Å²) in [7, 11) is 0. The van der Waals surface area contributed by atoms with Gasteiger partial charge in [-0.05, 0) is 5.83 Å². The summed E-state index contributed by atoms with van der Waals surface area (Å²) < 4.78 is 0. The summed E-state index contributed by atoms with van der Waals surface area (Å²) in [6.45, 7) is 0. The standard InChI is InChI=1S/CH3Br.C.4ClH/c1-2;;;;;/h1H3;;4*1H/q;+4;;;;/p-4. The number of rotatable bonds is 0. The van der Waals surface area contributed by atoms with Crippen molar-refractivity contribution in [1.82, 2.24) is 0 Å². The fourth-order valence-corrected chi connectivity index (χ4v) is 0. The van der Waals surface area contributed by atoms with Crippen molar-refractivity contribution in [2.45, 2.75) is 0 Å². The van der Waals surface area contributed by atoms with E-state index in [-0.39, 0.29) is 57.1 Å². The molecule has 0 aliphatic heterocycles. The van der Waals surface area contributed by atoms with Crippen molar-refractivity contribution in [3.05, 3.63) is 7.43 Å². The Hall–Kier alpha value is 1.64. The van der Waals surface area contributed by atoms with E-state index in [2.05, 4.69) is 15.9 Å². The molecule has 46 valence electrons. The van der Waals surface area contributed by atoms with E-state index in [1.54, 1.807) is 0 Å². The van der Waals surface area contributed by atoms with Crippen molar-refractivity contribution < 1.29 is 49.6 Å². The summed E-state index contributed by atoms with van der Waals surface area (Å²) in [6, 6.07) is 0. The van der Waals surface area contributed by atoms with Gasteiger partial charge in [-0.3, -0.25) is 0 Å². The van der Waals surface area contributed by atoms with Crippen LogP contribution < -0.4 is 49.6 Å².